The zero-order valence-electron chi connectivity index (χ0n) is 18.1. The number of ether oxygens (including phenoxy) is 1. The maximum absolute atomic E-state index is 5.44. The molecule has 0 atom stereocenters. The van der Waals surface area contributed by atoms with Crippen molar-refractivity contribution in [2.75, 3.05) is 12.0 Å². The molecule has 0 spiro atoms. The number of aromatic nitrogens is 1. The maximum atomic E-state index is 5.44. The van der Waals surface area contributed by atoms with Gasteiger partial charge in [0.05, 0.1) is 12.5 Å². The van der Waals surface area contributed by atoms with Crippen molar-refractivity contribution in [3.8, 4) is 5.75 Å². The van der Waals surface area contributed by atoms with Crippen molar-refractivity contribution >= 4 is 22.7 Å². The predicted molar refractivity (Wildman–Crippen MR) is 121 cm³/mol. The van der Waals surface area contributed by atoms with Crippen LogP contribution in [0.2, 0.25) is 0 Å². The van der Waals surface area contributed by atoms with Gasteiger partial charge in [-0.15, -0.1) is 0 Å². The Morgan fingerprint density at radius 3 is 2.52 bits per heavy atom. The number of anilines is 1. The van der Waals surface area contributed by atoms with Gasteiger partial charge in [0.15, 0.2) is 12.2 Å². The molecular formula is C26H31N2O+. The van der Waals surface area contributed by atoms with Crippen LogP contribution in [0.1, 0.15) is 51.3 Å². The van der Waals surface area contributed by atoms with E-state index in [2.05, 4.69) is 98.0 Å². The molecule has 0 fully saturated rings. The summed E-state index contributed by atoms with van der Waals surface area (Å²) in [4.78, 5) is 2.48. The van der Waals surface area contributed by atoms with Crippen LogP contribution in [0.4, 0.5) is 5.69 Å². The Bertz CT molecular complexity index is 1070. The van der Waals surface area contributed by atoms with E-state index in [0.717, 1.165) is 18.6 Å². The molecule has 0 saturated carbocycles. The largest absolute Gasteiger partial charge is 0.497 e. The first kappa shape index (κ1) is 19.5. The minimum Gasteiger partial charge on any atom is -0.497 e. The van der Waals surface area contributed by atoms with Crippen LogP contribution >= 0.6 is 0 Å². The molecule has 29 heavy (non-hydrogen) atoms. The van der Waals surface area contributed by atoms with Gasteiger partial charge in [0.25, 0.3) is 0 Å². The van der Waals surface area contributed by atoms with Gasteiger partial charge in [-0.3, -0.25) is 0 Å². The van der Waals surface area contributed by atoms with Crippen LogP contribution in [0.5, 0.6) is 5.75 Å². The number of aryl methyl sites for hydroxylation is 1. The molecule has 0 amide bonds. The molecule has 1 aliphatic rings. The average molecular weight is 388 g/mol. The van der Waals surface area contributed by atoms with Gasteiger partial charge in [-0.25, -0.2) is 0 Å². The number of nitrogens with zero attached hydrogens (tertiary/aromatic N) is 2. The number of pyridine rings is 1. The van der Waals surface area contributed by atoms with Crippen molar-refractivity contribution in [3.05, 3.63) is 71.6 Å². The minimum absolute atomic E-state index is 0.393. The molecule has 1 aromatic heterocycles. The van der Waals surface area contributed by atoms with E-state index in [1.807, 2.05) is 0 Å². The second kappa shape index (κ2) is 7.90. The fraction of sp³-hybridized carbons (Fsp3) is 0.346. The van der Waals surface area contributed by atoms with Gasteiger partial charge in [-0.1, -0.05) is 12.1 Å². The molecule has 0 bridgehead atoms. The van der Waals surface area contributed by atoms with Gasteiger partial charge in [0, 0.05) is 29.6 Å². The van der Waals surface area contributed by atoms with Gasteiger partial charge < -0.3 is 9.64 Å². The summed E-state index contributed by atoms with van der Waals surface area (Å²) in [5.74, 6) is 0.937. The molecule has 3 aromatic rings. The normalized spacial score (nSPS) is 15.4. The van der Waals surface area contributed by atoms with Crippen LogP contribution in [-0.4, -0.2) is 13.2 Å². The lowest BCUT2D eigenvalue weighted by Crippen LogP contribution is -2.36. The quantitative estimate of drug-likeness (QED) is 0.517. The Morgan fingerprint density at radius 1 is 1.00 bits per heavy atom. The van der Waals surface area contributed by atoms with Crippen LogP contribution in [-0.2, 0) is 6.42 Å². The zero-order chi connectivity index (χ0) is 20.5. The van der Waals surface area contributed by atoms with E-state index in [-0.39, 0.29) is 0 Å². The highest BCUT2D eigenvalue weighted by atomic mass is 16.5. The van der Waals surface area contributed by atoms with E-state index in [0.29, 0.717) is 12.1 Å². The lowest BCUT2D eigenvalue weighted by Gasteiger charge is -2.37. The Kier molecular flexibility index (Phi) is 5.31. The summed E-state index contributed by atoms with van der Waals surface area (Å²) in [6.07, 6.45) is 6.69. The fourth-order valence-corrected chi connectivity index (χ4v) is 4.44. The van der Waals surface area contributed by atoms with Gasteiger partial charge >= 0.3 is 0 Å². The number of methoxy groups -OCH3 is 1. The molecule has 150 valence electrons. The summed E-state index contributed by atoms with van der Waals surface area (Å²) < 4.78 is 7.79. The van der Waals surface area contributed by atoms with Crippen molar-refractivity contribution in [3.63, 3.8) is 0 Å². The number of allylic oxidation sites excluding steroid dienone is 1. The third-order valence-corrected chi connectivity index (χ3v) is 5.81. The van der Waals surface area contributed by atoms with Crippen LogP contribution < -0.4 is 14.2 Å². The smallest absolute Gasteiger partial charge is 0.213 e. The third kappa shape index (κ3) is 3.62. The van der Waals surface area contributed by atoms with Crippen molar-refractivity contribution in [2.24, 2.45) is 0 Å². The maximum Gasteiger partial charge on any atom is 0.213 e. The molecule has 2 heterocycles. The summed E-state index contributed by atoms with van der Waals surface area (Å²) in [6, 6.07) is 18.3. The van der Waals surface area contributed by atoms with Gasteiger partial charge in [-0.2, -0.15) is 4.57 Å². The highest BCUT2D eigenvalue weighted by Gasteiger charge is 2.24. The summed E-state index contributed by atoms with van der Waals surface area (Å²) in [6.45, 7) is 9.00. The van der Waals surface area contributed by atoms with Gasteiger partial charge in [-0.05, 0) is 82.0 Å². The van der Waals surface area contributed by atoms with E-state index < -0.39 is 0 Å². The van der Waals surface area contributed by atoms with Gasteiger partial charge in [0.1, 0.15) is 5.75 Å². The Hall–Kier alpha value is -2.81. The van der Waals surface area contributed by atoms with E-state index in [9.17, 15) is 0 Å². The minimum atomic E-state index is 0.393. The second-order valence-corrected chi connectivity index (χ2v) is 8.38. The molecule has 3 heteroatoms. The van der Waals surface area contributed by atoms with Crippen molar-refractivity contribution in [2.45, 2.75) is 52.6 Å². The molecule has 2 aromatic carbocycles. The number of hydrogen-bond acceptors (Lipinski definition) is 2. The van der Waals surface area contributed by atoms with Crippen molar-refractivity contribution in [1.82, 2.24) is 0 Å². The summed E-state index contributed by atoms with van der Waals surface area (Å²) in [7, 11) is 1.74. The zero-order valence-corrected chi connectivity index (χ0v) is 18.1. The van der Waals surface area contributed by atoms with E-state index >= 15 is 0 Å². The Balaban J connectivity index is 1.83. The van der Waals surface area contributed by atoms with Crippen LogP contribution in [0.15, 0.2) is 60.4 Å². The lowest BCUT2D eigenvalue weighted by molar-refractivity contribution is -0.691. The first-order chi connectivity index (χ1) is 14.0. The van der Waals surface area contributed by atoms with Crippen LogP contribution in [0, 0.1) is 0 Å². The first-order valence-corrected chi connectivity index (χ1v) is 10.6. The van der Waals surface area contributed by atoms with Crippen LogP contribution in [0.3, 0.4) is 0 Å². The highest BCUT2D eigenvalue weighted by Crippen LogP contribution is 2.37. The SMILES string of the molecule is COc1ccc2c(c1)CCC(=Cc1cc[n+](C(C)C)c3ccccc13)N2C(C)C. The summed E-state index contributed by atoms with van der Waals surface area (Å²) in [5, 5.41) is 1.31. The number of hydrogen-bond donors (Lipinski definition) is 0. The van der Waals surface area contributed by atoms with Gasteiger partial charge in [0.2, 0.25) is 5.52 Å². The molecule has 0 saturated heterocycles. The molecule has 0 aliphatic carbocycles. The number of para-hydroxylation sites is 1. The summed E-state index contributed by atoms with van der Waals surface area (Å²) in [5.41, 5.74) is 6.62. The Morgan fingerprint density at radius 2 is 1.79 bits per heavy atom. The average Bonchev–Trinajstić information content (AvgIpc) is 2.72. The lowest BCUT2D eigenvalue weighted by atomic mass is 9.95. The number of rotatable bonds is 4. The number of benzene rings is 2. The fourth-order valence-electron chi connectivity index (χ4n) is 4.44. The number of fused-ring (bicyclic) bond motifs is 2. The standard InChI is InChI=1S/C26H31N2O/c1-18(2)27-15-14-20(24-8-6-7-9-26(24)27)16-22-11-10-21-17-23(29-5)12-13-25(21)28(22)19(3)4/h6-9,12-19H,10-11H2,1-5H3/q+1. The van der Waals surface area contributed by atoms with E-state index in [4.69, 9.17) is 4.74 Å². The van der Waals surface area contributed by atoms with Crippen molar-refractivity contribution in [1.29, 1.82) is 0 Å². The molecular weight excluding hydrogens is 356 g/mol. The molecule has 1 aliphatic heterocycles. The predicted octanol–water partition coefficient (Wildman–Crippen LogP) is 5.92. The van der Waals surface area contributed by atoms with E-state index in [1.165, 1.54) is 33.4 Å². The third-order valence-electron chi connectivity index (χ3n) is 5.81. The summed E-state index contributed by atoms with van der Waals surface area (Å²) >= 11 is 0. The monoisotopic (exact) mass is 387 g/mol. The van der Waals surface area contributed by atoms with Crippen LogP contribution in [0.25, 0.3) is 17.0 Å². The molecule has 0 N–H and O–H groups in total. The second-order valence-electron chi connectivity index (χ2n) is 8.38. The molecule has 4 rings (SSSR count). The topological polar surface area (TPSA) is 16.4 Å². The first-order valence-electron chi connectivity index (χ1n) is 10.6. The Labute approximate surface area is 174 Å². The highest BCUT2D eigenvalue weighted by molar-refractivity contribution is 5.86. The molecule has 3 nitrogen and oxygen atoms in total. The van der Waals surface area contributed by atoms with Crippen molar-refractivity contribution < 1.29 is 9.30 Å². The molecule has 0 unspecified atom stereocenters. The molecule has 0 radical (unpaired) electrons. The van der Waals surface area contributed by atoms with E-state index in [1.54, 1.807) is 7.11 Å².